The summed E-state index contributed by atoms with van der Waals surface area (Å²) in [6, 6.07) is 14.5. The third-order valence-electron chi connectivity index (χ3n) is 5.97. The Balaban J connectivity index is 0.00000193. The van der Waals surface area contributed by atoms with Crippen LogP contribution in [0.2, 0.25) is 0 Å². The molecule has 0 bridgehead atoms. The lowest BCUT2D eigenvalue weighted by atomic mass is 9.96. The first-order valence-electron chi connectivity index (χ1n) is 10.5. The van der Waals surface area contributed by atoms with Crippen LogP contribution in [0.4, 0.5) is 5.82 Å². The smallest absolute Gasteiger partial charge is 0.242 e. The summed E-state index contributed by atoms with van der Waals surface area (Å²) in [5, 5.41) is 7.46. The molecule has 3 aromatic rings. The minimum Gasteiger partial charge on any atom is -0.383 e. The van der Waals surface area contributed by atoms with E-state index in [2.05, 4.69) is 27.8 Å². The quantitative estimate of drug-likeness (QED) is 0.423. The maximum absolute atomic E-state index is 12.6. The highest BCUT2D eigenvalue weighted by atomic mass is 35.5. The Bertz CT molecular complexity index is 1120. The lowest BCUT2D eigenvalue weighted by Crippen LogP contribution is -2.52. The first-order chi connectivity index (χ1) is 14.9. The molecule has 2 atom stereocenters. The number of anilines is 1. The number of nitrogens with zero attached hydrogens (tertiary/aromatic N) is 1. The molecule has 0 fully saturated rings. The van der Waals surface area contributed by atoms with E-state index in [1.807, 2.05) is 36.4 Å². The standard InChI is InChI=1S/C24H27N5O2.2ClH/c1-14(29-24(31)21(25)19-11-16-4-2-3-5-17(16)12-19)23(30)28-13-15-6-7-20-18(10-15)8-9-27-22(20)26;;/h2-10,14,19,21H,11-13,25H2,1H3,(H2,26,27)(H,28,30)(H,29,31);2*1H. The fourth-order valence-corrected chi connectivity index (χ4v) is 4.14. The van der Waals surface area contributed by atoms with Crippen molar-refractivity contribution in [2.75, 3.05) is 5.73 Å². The molecule has 0 aliphatic heterocycles. The fraction of sp³-hybridized carbons (Fsp3) is 0.292. The molecule has 0 radical (unpaired) electrons. The predicted molar refractivity (Wildman–Crippen MR) is 135 cm³/mol. The van der Waals surface area contributed by atoms with Gasteiger partial charge in [0, 0.05) is 18.1 Å². The lowest BCUT2D eigenvalue weighted by molar-refractivity contribution is -0.129. The van der Waals surface area contributed by atoms with Crippen molar-refractivity contribution in [2.24, 2.45) is 11.7 Å². The molecule has 2 aromatic carbocycles. The molecule has 176 valence electrons. The maximum Gasteiger partial charge on any atom is 0.242 e. The van der Waals surface area contributed by atoms with Crippen LogP contribution in [0.3, 0.4) is 0 Å². The summed E-state index contributed by atoms with van der Waals surface area (Å²) in [5.74, 6) is -0.0305. The second-order valence-electron chi connectivity index (χ2n) is 8.16. The number of nitrogens with one attached hydrogen (secondary N) is 2. The molecule has 33 heavy (non-hydrogen) atoms. The second-order valence-corrected chi connectivity index (χ2v) is 8.16. The van der Waals surface area contributed by atoms with E-state index in [0.717, 1.165) is 29.2 Å². The summed E-state index contributed by atoms with van der Waals surface area (Å²) in [4.78, 5) is 29.2. The molecule has 2 amide bonds. The third-order valence-corrected chi connectivity index (χ3v) is 5.97. The first kappa shape index (κ1) is 26.4. The van der Waals surface area contributed by atoms with Gasteiger partial charge in [-0.2, -0.15) is 0 Å². The highest BCUT2D eigenvalue weighted by molar-refractivity contribution is 5.92. The lowest BCUT2D eigenvalue weighted by Gasteiger charge is -2.21. The number of nitrogens with two attached hydrogens (primary N) is 2. The number of carbonyl (C=O) groups excluding carboxylic acids is 2. The Kier molecular flexibility index (Phi) is 9.05. The number of hydrogen-bond acceptors (Lipinski definition) is 5. The molecular formula is C24H29Cl2N5O2. The topological polar surface area (TPSA) is 123 Å². The molecule has 0 saturated heterocycles. The number of aromatic nitrogens is 1. The maximum atomic E-state index is 12.6. The van der Waals surface area contributed by atoms with Gasteiger partial charge < -0.3 is 22.1 Å². The number of amides is 2. The molecule has 1 aliphatic carbocycles. The molecule has 0 saturated carbocycles. The van der Waals surface area contributed by atoms with Gasteiger partial charge >= 0.3 is 0 Å². The van der Waals surface area contributed by atoms with Crippen molar-refractivity contribution in [3.8, 4) is 0 Å². The summed E-state index contributed by atoms with van der Waals surface area (Å²) in [6.45, 7) is 2.01. The van der Waals surface area contributed by atoms with Gasteiger partial charge in [0.15, 0.2) is 0 Å². The van der Waals surface area contributed by atoms with E-state index in [0.29, 0.717) is 12.4 Å². The van der Waals surface area contributed by atoms with Crippen LogP contribution in [0.1, 0.15) is 23.6 Å². The van der Waals surface area contributed by atoms with Crippen molar-refractivity contribution in [2.45, 2.75) is 38.4 Å². The van der Waals surface area contributed by atoms with E-state index in [-0.39, 0.29) is 42.5 Å². The number of hydrogen-bond donors (Lipinski definition) is 4. The first-order valence-corrected chi connectivity index (χ1v) is 10.5. The average molecular weight is 490 g/mol. The minimum atomic E-state index is -0.678. The van der Waals surface area contributed by atoms with E-state index in [1.54, 1.807) is 13.1 Å². The monoisotopic (exact) mass is 489 g/mol. The van der Waals surface area contributed by atoms with Crippen LogP contribution in [-0.2, 0) is 29.0 Å². The average Bonchev–Trinajstić information content (AvgIpc) is 3.21. The zero-order valence-electron chi connectivity index (χ0n) is 18.3. The highest BCUT2D eigenvalue weighted by Crippen LogP contribution is 2.28. The fourth-order valence-electron chi connectivity index (χ4n) is 4.14. The number of fused-ring (bicyclic) bond motifs is 2. The third kappa shape index (κ3) is 5.93. The van der Waals surface area contributed by atoms with Crippen LogP contribution < -0.4 is 22.1 Å². The molecule has 1 aliphatic rings. The zero-order chi connectivity index (χ0) is 22.0. The molecular weight excluding hydrogens is 461 g/mol. The number of halogens is 2. The van der Waals surface area contributed by atoms with Crippen molar-refractivity contribution < 1.29 is 9.59 Å². The van der Waals surface area contributed by atoms with Crippen LogP contribution in [0.5, 0.6) is 0 Å². The Labute approximate surface area is 205 Å². The van der Waals surface area contributed by atoms with Gasteiger partial charge in [0.1, 0.15) is 11.9 Å². The van der Waals surface area contributed by atoms with Crippen molar-refractivity contribution in [1.82, 2.24) is 15.6 Å². The second kappa shape index (κ2) is 11.3. The van der Waals surface area contributed by atoms with Gasteiger partial charge in [0.05, 0.1) is 6.04 Å². The Morgan fingerprint density at radius 2 is 1.73 bits per heavy atom. The summed E-state index contributed by atoms with van der Waals surface area (Å²) in [6.07, 6.45) is 3.23. The number of carbonyl (C=O) groups is 2. The number of pyridine rings is 1. The zero-order valence-corrected chi connectivity index (χ0v) is 19.9. The Morgan fingerprint density at radius 1 is 1.06 bits per heavy atom. The summed E-state index contributed by atoms with van der Waals surface area (Å²) in [7, 11) is 0. The van der Waals surface area contributed by atoms with Gasteiger partial charge in [-0.25, -0.2) is 4.98 Å². The van der Waals surface area contributed by atoms with Crippen molar-refractivity contribution in [1.29, 1.82) is 0 Å². The van der Waals surface area contributed by atoms with Crippen LogP contribution in [0.15, 0.2) is 54.7 Å². The van der Waals surface area contributed by atoms with E-state index >= 15 is 0 Å². The van der Waals surface area contributed by atoms with Gasteiger partial charge in [-0.3, -0.25) is 9.59 Å². The summed E-state index contributed by atoms with van der Waals surface area (Å²) in [5.41, 5.74) is 15.5. The van der Waals surface area contributed by atoms with Crippen molar-refractivity contribution >= 4 is 53.2 Å². The molecule has 0 spiro atoms. The summed E-state index contributed by atoms with van der Waals surface area (Å²) >= 11 is 0. The number of rotatable bonds is 6. The van der Waals surface area contributed by atoms with Crippen molar-refractivity contribution in [3.63, 3.8) is 0 Å². The van der Waals surface area contributed by atoms with Crippen LogP contribution in [0, 0.1) is 5.92 Å². The van der Waals surface area contributed by atoms with Gasteiger partial charge in [-0.15, -0.1) is 24.8 Å². The van der Waals surface area contributed by atoms with Gasteiger partial charge in [0.25, 0.3) is 0 Å². The van der Waals surface area contributed by atoms with Crippen LogP contribution in [-0.4, -0.2) is 28.9 Å². The van der Waals surface area contributed by atoms with Gasteiger partial charge in [0.2, 0.25) is 11.8 Å². The highest BCUT2D eigenvalue weighted by Gasteiger charge is 2.31. The van der Waals surface area contributed by atoms with Crippen molar-refractivity contribution in [3.05, 3.63) is 71.4 Å². The predicted octanol–water partition coefficient (Wildman–Crippen LogP) is 2.52. The van der Waals surface area contributed by atoms with E-state index in [1.165, 1.54) is 11.1 Å². The Hall–Kier alpha value is -2.87. The van der Waals surface area contributed by atoms with E-state index in [4.69, 9.17) is 11.5 Å². The molecule has 4 rings (SSSR count). The number of nitrogen functional groups attached to an aromatic ring is 1. The number of benzene rings is 2. The molecule has 9 heteroatoms. The molecule has 1 aromatic heterocycles. The van der Waals surface area contributed by atoms with Crippen LogP contribution in [0.25, 0.3) is 10.8 Å². The molecule has 6 N–H and O–H groups in total. The van der Waals surface area contributed by atoms with Crippen LogP contribution >= 0.6 is 24.8 Å². The Morgan fingerprint density at radius 3 is 2.39 bits per heavy atom. The molecule has 1 heterocycles. The van der Waals surface area contributed by atoms with E-state index in [9.17, 15) is 9.59 Å². The SMILES string of the molecule is CC(NC(=O)C(N)C1Cc2ccccc2C1)C(=O)NCc1ccc2c(N)nccc2c1.Cl.Cl. The molecule has 2 unspecified atom stereocenters. The van der Waals surface area contributed by atoms with Gasteiger partial charge in [-0.1, -0.05) is 36.4 Å². The summed E-state index contributed by atoms with van der Waals surface area (Å²) < 4.78 is 0. The van der Waals surface area contributed by atoms with Gasteiger partial charge in [-0.05, 0) is 59.9 Å². The molecule has 7 nitrogen and oxygen atoms in total. The normalized spacial score (nSPS) is 14.4. The minimum absolute atomic E-state index is 0. The van der Waals surface area contributed by atoms with E-state index < -0.39 is 12.1 Å². The largest absolute Gasteiger partial charge is 0.383 e.